The molecule has 1 atom stereocenters. The molecule has 2 heterocycles. The van der Waals surface area contributed by atoms with Crippen LogP contribution in [0.5, 0.6) is 17.2 Å². The number of nitrogens with zero attached hydrogens (tertiary/aromatic N) is 4. The van der Waals surface area contributed by atoms with Crippen molar-refractivity contribution in [2.24, 2.45) is 0 Å². The highest BCUT2D eigenvalue weighted by molar-refractivity contribution is 5.85. The van der Waals surface area contributed by atoms with Gasteiger partial charge in [-0.3, -0.25) is 4.84 Å². The first-order valence-electron chi connectivity index (χ1n) is 9.99. The van der Waals surface area contributed by atoms with Gasteiger partial charge in [0.05, 0.1) is 40.2 Å². The van der Waals surface area contributed by atoms with Crippen LogP contribution in [0.2, 0.25) is 0 Å². The summed E-state index contributed by atoms with van der Waals surface area (Å²) in [4.78, 5) is 14.7. The number of nitriles is 1. The van der Waals surface area contributed by atoms with Crippen molar-refractivity contribution in [1.82, 2.24) is 9.97 Å². The van der Waals surface area contributed by atoms with Gasteiger partial charge >= 0.3 is 0 Å². The molecule has 4 rings (SSSR count). The molecule has 172 valence electrons. The molecule has 33 heavy (non-hydrogen) atoms. The quantitative estimate of drug-likeness (QED) is 0.538. The van der Waals surface area contributed by atoms with Crippen LogP contribution in [0.4, 0.5) is 17.5 Å². The molecular weight excluding hydrogens is 446 g/mol. The van der Waals surface area contributed by atoms with Crippen LogP contribution in [0.1, 0.15) is 23.6 Å². The summed E-state index contributed by atoms with van der Waals surface area (Å²) in [5, 5.41) is 14.5. The van der Waals surface area contributed by atoms with Crippen molar-refractivity contribution in [3.63, 3.8) is 0 Å². The monoisotopic (exact) mass is 469 g/mol. The van der Waals surface area contributed by atoms with E-state index in [0.29, 0.717) is 46.9 Å². The second-order valence-corrected chi connectivity index (χ2v) is 6.96. The van der Waals surface area contributed by atoms with E-state index >= 15 is 0 Å². The third kappa shape index (κ3) is 4.87. The first kappa shape index (κ1) is 23.9. The number of halogens is 1. The fraction of sp³-hybridized carbons (Fsp3) is 0.261. The zero-order valence-corrected chi connectivity index (χ0v) is 19.3. The topological polar surface area (TPSA) is 102 Å². The van der Waals surface area contributed by atoms with Crippen molar-refractivity contribution < 1.29 is 19.0 Å². The summed E-state index contributed by atoms with van der Waals surface area (Å²) in [5.41, 5.74) is 2.05. The predicted octanol–water partition coefficient (Wildman–Crippen LogP) is 4.42. The highest BCUT2D eigenvalue weighted by atomic mass is 35.5. The highest BCUT2D eigenvalue weighted by Crippen LogP contribution is 2.41. The van der Waals surface area contributed by atoms with Gasteiger partial charge in [0, 0.05) is 24.2 Å². The van der Waals surface area contributed by atoms with Gasteiger partial charge in [-0.05, 0) is 5.56 Å². The second-order valence-electron chi connectivity index (χ2n) is 6.96. The summed E-state index contributed by atoms with van der Waals surface area (Å²) in [6.07, 6.45) is 2.26. The normalized spacial score (nSPS) is 14.7. The molecule has 0 saturated carbocycles. The van der Waals surface area contributed by atoms with E-state index in [-0.39, 0.29) is 18.4 Å². The molecule has 1 saturated heterocycles. The Morgan fingerprint density at radius 2 is 1.79 bits per heavy atom. The van der Waals surface area contributed by atoms with E-state index in [1.54, 1.807) is 38.5 Å². The number of methoxy groups -OCH3 is 3. The molecule has 1 aromatic heterocycles. The zero-order chi connectivity index (χ0) is 22.5. The Hall–Kier alpha value is -3.74. The summed E-state index contributed by atoms with van der Waals surface area (Å²) in [6.45, 7) is 0.532. The van der Waals surface area contributed by atoms with Crippen LogP contribution < -0.4 is 24.6 Å². The van der Waals surface area contributed by atoms with Crippen LogP contribution in [0.15, 0.2) is 48.7 Å². The standard InChI is InChI=1S/C23H23N5O4.ClH/c1-29-19-11-17(12-20(30-2)21(19)31-3)26-23-25-14-16(13-24)22(27-23)28-18(9-10-32-28)15-7-5-4-6-8-15;/h4-8,11-12,14,18H,9-10H2,1-3H3,(H,25,26,27);1H/t18-;/m0./s1. The Labute approximate surface area is 198 Å². The molecule has 0 aliphatic carbocycles. The zero-order valence-electron chi connectivity index (χ0n) is 18.4. The van der Waals surface area contributed by atoms with Crippen molar-refractivity contribution in [3.05, 3.63) is 59.8 Å². The number of hydroxylamine groups is 1. The first-order valence-corrected chi connectivity index (χ1v) is 9.99. The van der Waals surface area contributed by atoms with Gasteiger partial charge in [-0.25, -0.2) is 10.0 Å². The fourth-order valence-electron chi connectivity index (χ4n) is 3.62. The average molecular weight is 470 g/mol. The van der Waals surface area contributed by atoms with Gasteiger partial charge < -0.3 is 19.5 Å². The van der Waals surface area contributed by atoms with E-state index in [2.05, 4.69) is 21.4 Å². The maximum Gasteiger partial charge on any atom is 0.229 e. The molecule has 0 unspecified atom stereocenters. The van der Waals surface area contributed by atoms with E-state index in [4.69, 9.17) is 19.0 Å². The van der Waals surface area contributed by atoms with Gasteiger partial charge in [-0.2, -0.15) is 10.2 Å². The minimum Gasteiger partial charge on any atom is -0.493 e. The summed E-state index contributed by atoms with van der Waals surface area (Å²) < 4.78 is 16.2. The van der Waals surface area contributed by atoms with Crippen molar-refractivity contribution >= 4 is 29.9 Å². The molecule has 1 N–H and O–H groups in total. The maximum absolute atomic E-state index is 9.63. The Morgan fingerprint density at radius 1 is 1.09 bits per heavy atom. The predicted molar refractivity (Wildman–Crippen MR) is 126 cm³/mol. The molecule has 1 aliphatic rings. The number of hydrogen-bond donors (Lipinski definition) is 1. The molecule has 9 nitrogen and oxygen atoms in total. The third-order valence-electron chi connectivity index (χ3n) is 5.11. The molecule has 0 spiro atoms. The van der Waals surface area contributed by atoms with Crippen LogP contribution in [-0.2, 0) is 4.84 Å². The molecule has 2 aromatic carbocycles. The van der Waals surface area contributed by atoms with E-state index in [0.717, 1.165) is 12.0 Å². The van der Waals surface area contributed by atoms with Crippen molar-refractivity contribution in [2.45, 2.75) is 12.5 Å². The molecule has 3 aromatic rings. The van der Waals surface area contributed by atoms with Gasteiger partial charge in [-0.15, -0.1) is 12.4 Å². The number of rotatable bonds is 7. The minimum absolute atomic E-state index is 0. The van der Waals surface area contributed by atoms with Crippen LogP contribution in [0, 0.1) is 11.3 Å². The number of benzene rings is 2. The summed E-state index contributed by atoms with van der Waals surface area (Å²) >= 11 is 0. The minimum atomic E-state index is -0.0489. The lowest BCUT2D eigenvalue weighted by atomic mass is 10.0. The molecule has 10 heteroatoms. The Balaban J connectivity index is 0.00000306. The van der Waals surface area contributed by atoms with Gasteiger partial charge in [0.25, 0.3) is 0 Å². The molecule has 1 fully saturated rings. The lowest BCUT2D eigenvalue weighted by Crippen LogP contribution is -2.23. The first-order chi connectivity index (χ1) is 15.7. The number of nitrogens with one attached hydrogen (secondary N) is 1. The van der Waals surface area contributed by atoms with Crippen LogP contribution in [0.25, 0.3) is 0 Å². The van der Waals surface area contributed by atoms with E-state index in [1.165, 1.54) is 6.20 Å². The SMILES string of the molecule is COc1cc(Nc2ncc(C#N)c(N3OCC[C@H]3c3ccccc3)n2)cc(OC)c1OC.Cl. The van der Waals surface area contributed by atoms with Crippen LogP contribution in [-0.4, -0.2) is 37.9 Å². The van der Waals surface area contributed by atoms with Crippen LogP contribution >= 0.6 is 12.4 Å². The summed E-state index contributed by atoms with van der Waals surface area (Å²) in [5.74, 6) is 2.18. The maximum atomic E-state index is 9.63. The van der Waals surface area contributed by atoms with E-state index in [9.17, 15) is 5.26 Å². The van der Waals surface area contributed by atoms with Crippen molar-refractivity contribution in [3.8, 4) is 23.3 Å². The summed E-state index contributed by atoms with van der Waals surface area (Å²) in [6, 6.07) is 15.6. The Kier molecular flexibility index (Phi) is 7.77. The lowest BCUT2D eigenvalue weighted by molar-refractivity contribution is 0.156. The van der Waals surface area contributed by atoms with Crippen LogP contribution in [0.3, 0.4) is 0 Å². The van der Waals surface area contributed by atoms with E-state index < -0.39 is 0 Å². The third-order valence-corrected chi connectivity index (χ3v) is 5.11. The van der Waals surface area contributed by atoms with Gasteiger partial charge in [-0.1, -0.05) is 30.3 Å². The van der Waals surface area contributed by atoms with Crippen molar-refractivity contribution in [2.75, 3.05) is 38.3 Å². The lowest BCUT2D eigenvalue weighted by Gasteiger charge is -2.24. The average Bonchev–Trinajstić information content (AvgIpc) is 3.33. The number of aromatic nitrogens is 2. The molecule has 0 amide bonds. The molecule has 0 bridgehead atoms. The molecule has 1 aliphatic heterocycles. The second kappa shape index (κ2) is 10.7. The largest absolute Gasteiger partial charge is 0.493 e. The number of anilines is 3. The Morgan fingerprint density at radius 3 is 2.39 bits per heavy atom. The summed E-state index contributed by atoms with van der Waals surface area (Å²) in [7, 11) is 4.64. The number of ether oxygens (including phenoxy) is 3. The van der Waals surface area contributed by atoms with Gasteiger partial charge in [0.1, 0.15) is 11.6 Å². The molecule has 0 radical (unpaired) electrons. The fourth-order valence-corrected chi connectivity index (χ4v) is 3.62. The van der Waals surface area contributed by atoms with Gasteiger partial charge in [0.15, 0.2) is 17.3 Å². The highest BCUT2D eigenvalue weighted by Gasteiger charge is 2.31. The Bertz CT molecular complexity index is 1110. The number of hydrogen-bond acceptors (Lipinski definition) is 9. The van der Waals surface area contributed by atoms with Gasteiger partial charge in [0.2, 0.25) is 11.7 Å². The van der Waals surface area contributed by atoms with E-state index in [1.807, 2.05) is 30.3 Å². The molecular formula is C23H24ClN5O4. The van der Waals surface area contributed by atoms with Crippen molar-refractivity contribution in [1.29, 1.82) is 5.26 Å². The smallest absolute Gasteiger partial charge is 0.229 e.